The molecule has 2 aromatic carbocycles. The first-order chi connectivity index (χ1) is 16.9. The Labute approximate surface area is 203 Å². The van der Waals surface area contributed by atoms with Crippen LogP contribution in [0.25, 0.3) is 16.9 Å². The van der Waals surface area contributed by atoms with Crippen LogP contribution in [-0.4, -0.2) is 67.2 Å². The Bertz CT molecular complexity index is 1380. The normalized spacial score (nSPS) is 14.5. The summed E-state index contributed by atoms with van der Waals surface area (Å²) >= 11 is 6.32. The van der Waals surface area contributed by atoms with Crippen LogP contribution in [0.2, 0.25) is 5.02 Å². The van der Waals surface area contributed by atoms with Gasteiger partial charge in [0, 0.05) is 37.8 Å². The van der Waals surface area contributed by atoms with E-state index in [0.29, 0.717) is 71.8 Å². The number of amides is 1. The number of aromatic nitrogens is 5. The van der Waals surface area contributed by atoms with Crippen molar-refractivity contribution in [3.63, 3.8) is 0 Å². The average Bonchev–Trinajstić information content (AvgIpc) is 3.47. The first-order valence-electron chi connectivity index (χ1n) is 10.9. The Balaban J connectivity index is 1.28. The van der Waals surface area contributed by atoms with Crippen molar-refractivity contribution in [3.8, 4) is 16.9 Å². The molecular weight excluding hydrogens is 480 g/mol. The number of carbonyl (C=O) groups excluding carboxylic acids is 1. The van der Waals surface area contributed by atoms with Crippen molar-refractivity contribution in [2.45, 2.75) is 13.5 Å². The number of nitrogens with zero attached hydrogens (tertiary/aromatic N) is 7. The maximum Gasteiger partial charge on any atom is 0.259 e. The lowest BCUT2D eigenvalue weighted by molar-refractivity contribution is 0.0623. The molecule has 9 nitrogen and oxygen atoms in total. The number of carbonyl (C=O) groups is 1. The van der Waals surface area contributed by atoms with Crippen molar-refractivity contribution in [3.05, 3.63) is 76.3 Å². The van der Waals surface area contributed by atoms with Crippen LogP contribution in [0.3, 0.4) is 0 Å². The zero-order chi connectivity index (χ0) is 24.5. The van der Waals surface area contributed by atoms with Crippen molar-refractivity contribution in [1.29, 1.82) is 0 Å². The fourth-order valence-electron chi connectivity index (χ4n) is 4.05. The van der Waals surface area contributed by atoms with Crippen LogP contribution in [0.1, 0.15) is 21.9 Å². The van der Waals surface area contributed by atoms with Crippen LogP contribution >= 0.6 is 11.6 Å². The first-order valence-corrected chi connectivity index (χ1v) is 11.3. The molecule has 0 unspecified atom stereocenters. The average molecular weight is 500 g/mol. The van der Waals surface area contributed by atoms with Crippen molar-refractivity contribution in [2.75, 3.05) is 26.2 Å². The van der Waals surface area contributed by atoms with Gasteiger partial charge < -0.3 is 9.42 Å². The largest absolute Gasteiger partial charge is 0.360 e. The molecule has 2 aromatic heterocycles. The van der Waals surface area contributed by atoms with Crippen molar-refractivity contribution >= 4 is 17.5 Å². The molecule has 1 amide bonds. The molecule has 180 valence electrons. The van der Waals surface area contributed by atoms with E-state index in [4.69, 9.17) is 16.1 Å². The quantitative estimate of drug-likeness (QED) is 0.415. The number of halogens is 3. The van der Waals surface area contributed by atoms with Crippen LogP contribution in [0.5, 0.6) is 0 Å². The number of tetrazole rings is 1. The summed E-state index contributed by atoms with van der Waals surface area (Å²) in [6.07, 6.45) is 0. The summed E-state index contributed by atoms with van der Waals surface area (Å²) in [5.41, 5.74) is 1.78. The predicted octanol–water partition coefficient (Wildman–Crippen LogP) is 3.52. The van der Waals surface area contributed by atoms with Crippen LogP contribution in [0.15, 0.2) is 47.0 Å². The van der Waals surface area contributed by atoms with Gasteiger partial charge in [0.25, 0.3) is 5.91 Å². The number of piperazine rings is 1. The zero-order valence-electron chi connectivity index (χ0n) is 18.7. The van der Waals surface area contributed by atoms with E-state index >= 15 is 0 Å². The maximum absolute atomic E-state index is 13.7. The van der Waals surface area contributed by atoms with Gasteiger partial charge in [-0.2, -0.15) is 4.68 Å². The molecule has 0 atom stereocenters. The van der Waals surface area contributed by atoms with Gasteiger partial charge >= 0.3 is 0 Å². The van der Waals surface area contributed by atoms with Crippen molar-refractivity contribution < 1.29 is 18.1 Å². The highest BCUT2D eigenvalue weighted by Gasteiger charge is 2.29. The number of hydrogen-bond acceptors (Lipinski definition) is 7. The third-order valence-electron chi connectivity index (χ3n) is 5.91. The molecule has 1 saturated heterocycles. The highest BCUT2D eigenvalue weighted by atomic mass is 35.5. The molecule has 12 heteroatoms. The van der Waals surface area contributed by atoms with Gasteiger partial charge in [-0.05, 0) is 35.5 Å². The van der Waals surface area contributed by atoms with Gasteiger partial charge in [-0.3, -0.25) is 9.69 Å². The summed E-state index contributed by atoms with van der Waals surface area (Å²) in [5, 5.41) is 16.2. The van der Waals surface area contributed by atoms with Gasteiger partial charge in [-0.25, -0.2) is 8.78 Å². The minimum absolute atomic E-state index is 0.176. The first kappa shape index (κ1) is 23.1. The molecule has 0 bridgehead atoms. The number of hydrogen-bond donors (Lipinski definition) is 0. The van der Waals surface area contributed by atoms with E-state index in [0.717, 1.165) is 12.1 Å². The van der Waals surface area contributed by atoms with Gasteiger partial charge in [0.05, 0.1) is 17.3 Å². The smallest absolute Gasteiger partial charge is 0.259 e. The second kappa shape index (κ2) is 9.51. The Morgan fingerprint density at radius 2 is 1.86 bits per heavy atom. The SMILES string of the molecule is Cc1onc(-c2ccccc2Cl)c1C(=O)N1CCN(Cc2nnnn2-c2ccc(F)c(F)c2)CC1. The Morgan fingerprint density at radius 1 is 1.09 bits per heavy atom. The lowest BCUT2D eigenvalue weighted by atomic mass is 10.0. The van der Waals surface area contributed by atoms with E-state index in [2.05, 4.69) is 25.6 Å². The lowest BCUT2D eigenvalue weighted by Gasteiger charge is -2.34. The Morgan fingerprint density at radius 3 is 2.60 bits per heavy atom. The van der Waals surface area contributed by atoms with E-state index in [9.17, 15) is 13.6 Å². The molecule has 3 heterocycles. The maximum atomic E-state index is 13.7. The molecule has 4 aromatic rings. The third-order valence-corrected chi connectivity index (χ3v) is 6.24. The highest BCUT2D eigenvalue weighted by Crippen LogP contribution is 2.32. The van der Waals surface area contributed by atoms with Crippen LogP contribution in [-0.2, 0) is 6.54 Å². The van der Waals surface area contributed by atoms with E-state index < -0.39 is 11.6 Å². The number of rotatable bonds is 5. The summed E-state index contributed by atoms with van der Waals surface area (Å²) < 4.78 is 33.7. The Kier molecular flexibility index (Phi) is 6.27. The number of benzene rings is 2. The molecule has 1 aliphatic rings. The summed E-state index contributed by atoms with van der Waals surface area (Å²) in [7, 11) is 0. The molecule has 0 aliphatic carbocycles. The van der Waals surface area contributed by atoms with Gasteiger partial charge in [0.2, 0.25) is 0 Å². The fraction of sp³-hybridized carbons (Fsp3) is 0.261. The molecule has 35 heavy (non-hydrogen) atoms. The van der Waals surface area contributed by atoms with E-state index in [1.807, 2.05) is 12.1 Å². The van der Waals surface area contributed by atoms with Gasteiger partial charge in [-0.1, -0.05) is 35.0 Å². The van der Waals surface area contributed by atoms with Gasteiger partial charge in [-0.15, -0.1) is 5.10 Å². The summed E-state index contributed by atoms with van der Waals surface area (Å²) in [5.74, 6) is -1.18. The van der Waals surface area contributed by atoms with Gasteiger partial charge in [0.15, 0.2) is 17.5 Å². The minimum atomic E-state index is -0.976. The van der Waals surface area contributed by atoms with Crippen LogP contribution in [0.4, 0.5) is 8.78 Å². The molecule has 5 rings (SSSR count). The van der Waals surface area contributed by atoms with E-state index in [1.54, 1.807) is 24.0 Å². The summed E-state index contributed by atoms with van der Waals surface area (Å²) in [4.78, 5) is 17.2. The summed E-state index contributed by atoms with van der Waals surface area (Å²) in [6.45, 7) is 4.17. The molecule has 1 aliphatic heterocycles. The second-order valence-electron chi connectivity index (χ2n) is 8.12. The topological polar surface area (TPSA) is 93.2 Å². The summed E-state index contributed by atoms with van der Waals surface area (Å²) in [6, 6.07) is 10.7. The van der Waals surface area contributed by atoms with Crippen LogP contribution in [0, 0.1) is 18.6 Å². The third kappa shape index (κ3) is 4.52. The molecule has 0 spiro atoms. The zero-order valence-corrected chi connectivity index (χ0v) is 19.4. The molecular formula is C23H20ClF2N7O2. The minimum Gasteiger partial charge on any atom is -0.360 e. The van der Waals surface area contributed by atoms with Crippen molar-refractivity contribution in [2.24, 2.45) is 0 Å². The highest BCUT2D eigenvalue weighted by molar-refractivity contribution is 6.33. The van der Waals surface area contributed by atoms with Crippen molar-refractivity contribution in [1.82, 2.24) is 35.2 Å². The molecule has 0 radical (unpaired) electrons. The van der Waals surface area contributed by atoms with E-state index in [-0.39, 0.29) is 5.91 Å². The van der Waals surface area contributed by atoms with Gasteiger partial charge in [0.1, 0.15) is 17.0 Å². The standard InChI is InChI=1S/C23H20ClF2N7O2/c1-14-21(22(28-35-14)16-4-2-3-5-17(16)24)23(34)32-10-8-31(9-11-32)13-20-27-29-30-33(20)15-6-7-18(25)19(26)12-15/h2-7,12H,8-11,13H2,1H3. The lowest BCUT2D eigenvalue weighted by Crippen LogP contribution is -2.48. The molecule has 0 N–H and O–H groups in total. The van der Waals surface area contributed by atoms with Crippen LogP contribution < -0.4 is 0 Å². The molecule has 0 saturated carbocycles. The fourth-order valence-corrected chi connectivity index (χ4v) is 4.28. The monoisotopic (exact) mass is 499 g/mol. The van der Waals surface area contributed by atoms with E-state index in [1.165, 1.54) is 10.7 Å². The Hall–Kier alpha value is -3.70. The second-order valence-corrected chi connectivity index (χ2v) is 8.52. The predicted molar refractivity (Wildman–Crippen MR) is 122 cm³/mol. The molecule has 1 fully saturated rings. The number of aryl methyl sites for hydroxylation is 1.